The number of hydrogen-bond acceptors (Lipinski definition) is 3. The van der Waals surface area contributed by atoms with Gasteiger partial charge in [-0.1, -0.05) is 12.8 Å². The van der Waals surface area contributed by atoms with Crippen LogP contribution in [0.25, 0.3) is 0 Å². The number of hydrogen-bond donors (Lipinski definition) is 1. The molecule has 0 aliphatic heterocycles. The predicted octanol–water partition coefficient (Wildman–Crippen LogP) is 1.69. The van der Waals surface area contributed by atoms with Gasteiger partial charge < -0.3 is 10.2 Å². The van der Waals surface area contributed by atoms with E-state index in [4.69, 9.17) is 5.26 Å². The van der Waals surface area contributed by atoms with Crippen LogP contribution < -0.4 is 5.32 Å². The Morgan fingerprint density at radius 3 is 2.50 bits per heavy atom. The monoisotopic (exact) mass is 279 g/mol. The minimum atomic E-state index is -0.528. The number of amides is 2. The molecule has 2 amide bonds. The molecule has 1 saturated carbocycles. The molecule has 0 aromatic heterocycles. The van der Waals surface area contributed by atoms with Crippen LogP contribution in [0.5, 0.6) is 0 Å². The molecule has 5 heteroatoms. The lowest BCUT2D eigenvalue weighted by molar-refractivity contribution is -0.135. The largest absolute Gasteiger partial charge is 0.345 e. The molecule has 0 aromatic carbocycles. The lowest BCUT2D eigenvalue weighted by Gasteiger charge is -2.23. The molecule has 1 aliphatic rings. The van der Waals surface area contributed by atoms with E-state index in [1.807, 2.05) is 0 Å². The van der Waals surface area contributed by atoms with Gasteiger partial charge in [0.05, 0.1) is 12.0 Å². The van der Waals surface area contributed by atoms with Crippen molar-refractivity contribution in [2.24, 2.45) is 11.8 Å². The second kappa shape index (κ2) is 7.88. The van der Waals surface area contributed by atoms with Gasteiger partial charge in [-0.25, -0.2) is 0 Å². The van der Waals surface area contributed by atoms with Gasteiger partial charge in [0.15, 0.2) is 0 Å². The van der Waals surface area contributed by atoms with Crippen LogP contribution in [-0.4, -0.2) is 36.3 Å². The van der Waals surface area contributed by atoms with E-state index in [1.165, 1.54) is 17.7 Å². The van der Waals surface area contributed by atoms with Crippen LogP contribution in [0.3, 0.4) is 0 Å². The Bertz CT molecular complexity index is 383. The van der Waals surface area contributed by atoms with Gasteiger partial charge in [0.2, 0.25) is 11.8 Å². The summed E-state index contributed by atoms with van der Waals surface area (Å²) in [4.78, 5) is 25.5. The molecule has 0 saturated heterocycles. The Kier molecular flexibility index (Phi) is 6.50. The molecule has 0 bridgehead atoms. The van der Waals surface area contributed by atoms with Crippen molar-refractivity contribution in [1.82, 2.24) is 10.2 Å². The quantitative estimate of drug-likeness (QED) is 0.804. The highest BCUT2D eigenvalue weighted by molar-refractivity contribution is 5.87. The molecular formula is C15H25N3O2. The third-order valence-electron chi connectivity index (χ3n) is 3.84. The summed E-state index contributed by atoms with van der Waals surface area (Å²) in [6, 6.07) is 1.57. The van der Waals surface area contributed by atoms with Crippen LogP contribution in [0.15, 0.2) is 0 Å². The fourth-order valence-electron chi connectivity index (χ4n) is 2.71. The van der Waals surface area contributed by atoms with E-state index < -0.39 is 6.04 Å². The smallest absolute Gasteiger partial charge is 0.244 e. The third kappa shape index (κ3) is 5.20. The second-order valence-electron chi connectivity index (χ2n) is 5.89. The number of carbonyl (C=O) groups excluding carboxylic acids is 2. The molecule has 0 unspecified atom stereocenters. The summed E-state index contributed by atoms with van der Waals surface area (Å²) >= 11 is 0. The van der Waals surface area contributed by atoms with Gasteiger partial charge in [-0.3, -0.25) is 9.59 Å². The number of nitrogens with zero attached hydrogens (tertiary/aromatic N) is 2. The third-order valence-corrected chi connectivity index (χ3v) is 3.84. The summed E-state index contributed by atoms with van der Waals surface area (Å²) < 4.78 is 0. The van der Waals surface area contributed by atoms with Crippen molar-refractivity contribution in [3.63, 3.8) is 0 Å². The molecule has 1 rings (SSSR count). The van der Waals surface area contributed by atoms with Crippen molar-refractivity contribution < 1.29 is 9.59 Å². The first-order valence-corrected chi connectivity index (χ1v) is 7.38. The Balaban J connectivity index is 2.36. The zero-order chi connectivity index (χ0) is 15.1. The van der Waals surface area contributed by atoms with Gasteiger partial charge in [-0.2, -0.15) is 5.26 Å². The molecule has 0 aromatic rings. The number of nitrogens with one attached hydrogen (secondary N) is 1. The molecule has 20 heavy (non-hydrogen) atoms. The van der Waals surface area contributed by atoms with Crippen LogP contribution in [0.2, 0.25) is 0 Å². The molecule has 2 atom stereocenters. The van der Waals surface area contributed by atoms with E-state index in [1.54, 1.807) is 20.9 Å². The van der Waals surface area contributed by atoms with E-state index in [-0.39, 0.29) is 17.7 Å². The summed E-state index contributed by atoms with van der Waals surface area (Å²) in [7, 11) is 1.66. The standard InChI is InChI=1S/C15H25N3O2/c1-11(9-16)10-18(3)15(20)12(2)17-14(19)8-13-6-4-5-7-13/h11-13H,4-8,10H2,1-3H3,(H,17,19)/t11-,12-/m1/s1. The Morgan fingerprint density at radius 1 is 1.35 bits per heavy atom. The average molecular weight is 279 g/mol. The van der Waals surface area contributed by atoms with Crippen LogP contribution in [0.1, 0.15) is 46.0 Å². The number of carbonyl (C=O) groups is 2. The molecule has 5 nitrogen and oxygen atoms in total. The van der Waals surface area contributed by atoms with Crippen LogP contribution in [0, 0.1) is 23.2 Å². The first kappa shape index (κ1) is 16.5. The second-order valence-corrected chi connectivity index (χ2v) is 5.89. The molecule has 112 valence electrons. The zero-order valence-corrected chi connectivity index (χ0v) is 12.7. The lowest BCUT2D eigenvalue weighted by Crippen LogP contribution is -2.46. The number of nitriles is 1. The van der Waals surface area contributed by atoms with E-state index in [0.717, 1.165) is 12.8 Å². The van der Waals surface area contributed by atoms with Gasteiger partial charge in [0, 0.05) is 20.0 Å². The van der Waals surface area contributed by atoms with Crippen molar-refractivity contribution in [1.29, 1.82) is 5.26 Å². The summed E-state index contributed by atoms with van der Waals surface area (Å²) in [6.07, 6.45) is 5.18. The first-order valence-electron chi connectivity index (χ1n) is 7.38. The number of likely N-dealkylation sites (N-methyl/N-ethyl adjacent to an activating group) is 1. The summed E-state index contributed by atoms with van der Waals surface area (Å²) in [6.45, 7) is 3.85. The normalized spacial score (nSPS) is 18.1. The molecular weight excluding hydrogens is 254 g/mol. The van der Waals surface area contributed by atoms with Crippen molar-refractivity contribution >= 4 is 11.8 Å². The summed E-state index contributed by atoms with van der Waals surface area (Å²) in [5.74, 6) is 0.0883. The highest BCUT2D eigenvalue weighted by Gasteiger charge is 2.23. The molecule has 1 N–H and O–H groups in total. The van der Waals surface area contributed by atoms with Gasteiger partial charge in [-0.05, 0) is 32.6 Å². The van der Waals surface area contributed by atoms with Crippen LogP contribution in [-0.2, 0) is 9.59 Å². The maximum atomic E-state index is 12.1. The van der Waals surface area contributed by atoms with E-state index in [9.17, 15) is 9.59 Å². The van der Waals surface area contributed by atoms with E-state index in [2.05, 4.69) is 11.4 Å². The van der Waals surface area contributed by atoms with Crippen molar-refractivity contribution in [3.8, 4) is 6.07 Å². The SMILES string of the molecule is C[C@H](C#N)CN(C)C(=O)[C@@H](C)NC(=O)CC1CCCC1. The van der Waals surface area contributed by atoms with Crippen molar-refractivity contribution in [2.45, 2.75) is 52.0 Å². The Morgan fingerprint density at radius 2 is 1.95 bits per heavy atom. The van der Waals surface area contributed by atoms with Crippen LogP contribution in [0.4, 0.5) is 0 Å². The maximum absolute atomic E-state index is 12.1. The molecule has 1 fully saturated rings. The fraction of sp³-hybridized carbons (Fsp3) is 0.800. The molecule has 0 radical (unpaired) electrons. The predicted molar refractivity (Wildman–Crippen MR) is 76.6 cm³/mol. The van der Waals surface area contributed by atoms with Gasteiger partial charge in [0.25, 0.3) is 0 Å². The highest BCUT2D eigenvalue weighted by Crippen LogP contribution is 2.27. The molecule has 0 spiro atoms. The fourth-order valence-corrected chi connectivity index (χ4v) is 2.71. The van der Waals surface area contributed by atoms with E-state index >= 15 is 0 Å². The lowest BCUT2D eigenvalue weighted by atomic mass is 10.0. The van der Waals surface area contributed by atoms with Gasteiger partial charge in [-0.15, -0.1) is 0 Å². The van der Waals surface area contributed by atoms with Gasteiger partial charge in [0.1, 0.15) is 6.04 Å². The minimum absolute atomic E-state index is 0.0421. The maximum Gasteiger partial charge on any atom is 0.244 e. The average Bonchev–Trinajstić information content (AvgIpc) is 2.89. The van der Waals surface area contributed by atoms with E-state index in [0.29, 0.717) is 18.9 Å². The Labute approximate surface area is 121 Å². The molecule has 1 aliphatic carbocycles. The van der Waals surface area contributed by atoms with Crippen molar-refractivity contribution in [2.75, 3.05) is 13.6 Å². The summed E-state index contributed by atoms with van der Waals surface area (Å²) in [5.41, 5.74) is 0. The number of rotatable bonds is 6. The van der Waals surface area contributed by atoms with Crippen LogP contribution >= 0.6 is 0 Å². The van der Waals surface area contributed by atoms with Gasteiger partial charge >= 0.3 is 0 Å². The Hall–Kier alpha value is -1.57. The first-order chi connectivity index (χ1) is 9.43. The summed E-state index contributed by atoms with van der Waals surface area (Å²) in [5, 5.41) is 11.5. The molecule has 0 heterocycles. The highest BCUT2D eigenvalue weighted by atomic mass is 16.2. The van der Waals surface area contributed by atoms with Crippen molar-refractivity contribution in [3.05, 3.63) is 0 Å². The topological polar surface area (TPSA) is 73.2 Å². The zero-order valence-electron chi connectivity index (χ0n) is 12.7. The minimum Gasteiger partial charge on any atom is -0.345 e.